The number of carbonyl (C=O) groups excluding carboxylic acids is 1. The minimum atomic E-state index is -3.53. The number of rotatable bonds is 6. The lowest BCUT2D eigenvalue weighted by molar-refractivity contribution is -0.115. The fourth-order valence-corrected chi connectivity index (χ4v) is 4.62. The van der Waals surface area contributed by atoms with Gasteiger partial charge in [0.05, 0.1) is 21.2 Å². The van der Waals surface area contributed by atoms with Crippen LogP contribution in [0.5, 0.6) is 0 Å². The van der Waals surface area contributed by atoms with E-state index in [-0.39, 0.29) is 23.0 Å². The third-order valence-corrected chi connectivity index (χ3v) is 6.59. The summed E-state index contributed by atoms with van der Waals surface area (Å²) in [6, 6.07) is 13.7. The van der Waals surface area contributed by atoms with Crippen LogP contribution in [0.2, 0.25) is 0 Å². The molecule has 1 aromatic carbocycles. The van der Waals surface area contributed by atoms with E-state index in [2.05, 4.69) is 20.4 Å². The third-order valence-electron chi connectivity index (χ3n) is 3.97. The van der Waals surface area contributed by atoms with E-state index < -0.39 is 15.7 Å². The molecule has 0 spiro atoms. The molecule has 142 valence electrons. The molecule has 0 atom stereocenters. The quantitative estimate of drug-likeness (QED) is 0.521. The minimum Gasteiger partial charge on any atom is -0.293 e. The summed E-state index contributed by atoms with van der Waals surface area (Å²) in [5.41, 5.74) is 0.805. The molecule has 0 radical (unpaired) electrons. The second-order valence-corrected chi connectivity index (χ2v) is 8.94. The van der Waals surface area contributed by atoms with Crippen LogP contribution in [-0.2, 0) is 14.6 Å². The fourth-order valence-electron chi connectivity index (χ4n) is 2.62. The van der Waals surface area contributed by atoms with E-state index in [1.807, 2.05) is 23.6 Å². The van der Waals surface area contributed by atoms with E-state index >= 15 is 0 Å². The van der Waals surface area contributed by atoms with Crippen LogP contribution in [0.1, 0.15) is 6.42 Å². The SMILES string of the molecule is O=C(CCS(=O)(=O)c1ccccc1)Nc1nc2nccc(-c3cccs3)n2n1. The Morgan fingerprint density at radius 2 is 1.93 bits per heavy atom. The fraction of sp³-hybridized carbons (Fsp3) is 0.111. The Bertz CT molecular complexity index is 1220. The highest BCUT2D eigenvalue weighted by Gasteiger charge is 2.17. The Hall–Kier alpha value is -3.11. The highest BCUT2D eigenvalue weighted by atomic mass is 32.2. The average molecular weight is 413 g/mol. The van der Waals surface area contributed by atoms with Gasteiger partial charge in [-0.3, -0.25) is 10.1 Å². The minimum absolute atomic E-state index is 0.0821. The zero-order chi connectivity index (χ0) is 19.6. The van der Waals surface area contributed by atoms with Gasteiger partial charge in [-0.25, -0.2) is 13.4 Å². The van der Waals surface area contributed by atoms with E-state index in [9.17, 15) is 13.2 Å². The molecule has 4 aromatic rings. The van der Waals surface area contributed by atoms with Crippen molar-refractivity contribution < 1.29 is 13.2 Å². The number of carbonyl (C=O) groups is 1. The average Bonchev–Trinajstić information content (AvgIpc) is 3.36. The maximum atomic E-state index is 12.3. The maximum Gasteiger partial charge on any atom is 0.254 e. The lowest BCUT2D eigenvalue weighted by Crippen LogP contribution is -2.18. The van der Waals surface area contributed by atoms with Crippen LogP contribution in [0.4, 0.5) is 5.95 Å². The van der Waals surface area contributed by atoms with Gasteiger partial charge in [-0.1, -0.05) is 24.3 Å². The number of benzene rings is 1. The summed E-state index contributed by atoms with van der Waals surface area (Å²) in [5, 5.41) is 8.78. The molecule has 0 aliphatic heterocycles. The molecule has 3 aromatic heterocycles. The van der Waals surface area contributed by atoms with E-state index in [1.165, 1.54) is 12.1 Å². The first-order chi connectivity index (χ1) is 13.5. The molecule has 0 unspecified atom stereocenters. The van der Waals surface area contributed by atoms with Crippen LogP contribution < -0.4 is 5.32 Å². The molecule has 4 rings (SSSR count). The Morgan fingerprint density at radius 3 is 2.68 bits per heavy atom. The Balaban J connectivity index is 1.48. The zero-order valence-electron chi connectivity index (χ0n) is 14.5. The van der Waals surface area contributed by atoms with Gasteiger partial charge < -0.3 is 0 Å². The highest BCUT2D eigenvalue weighted by molar-refractivity contribution is 7.91. The molecule has 28 heavy (non-hydrogen) atoms. The van der Waals surface area contributed by atoms with Crippen LogP contribution in [0, 0.1) is 0 Å². The van der Waals surface area contributed by atoms with E-state index in [1.54, 1.807) is 40.2 Å². The first-order valence-corrected chi connectivity index (χ1v) is 10.9. The summed E-state index contributed by atoms with van der Waals surface area (Å²) >= 11 is 1.55. The summed E-state index contributed by atoms with van der Waals surface area (Å²) in [7, 11) is -3.53. The number of nitrogens with zero attached hydrogens (tertiary/aromatic N) is 4. The largest absolute Gasteiger partial charge is 0.293 e. The van der Waals surface area contributed by atoms with Crippen molar-refractivity contribution in [2.75, 3.05) is 11.1 Å². The van der Waals surface area contributed by atoms with Gasteiger partial charge in [-0.15, -0.1) is 16.4 Å². The molecular formula is C18H15N5O3S2. The summed E-state index contributed by atoms with van der Waals surface area (Å²) in [6.07, 6.45) is 1.43. The number of anilines is 1. The number of amides is 1. The number of hydrogen-bond acceptors (Lipinski definition) is 7. The Morgan fingerprint density at radius 1 is 1.11 bits per heavy atom. The lowest BCUT2D eigenvalue weighted by atomic mass is 10.3. The molecule has 8 nitrogen and oxygen atoms in total. The van der Waals surface area contributed by atoms with Gasteiger partial charge in [-0.05, 0) is 29.6 Å². The molecular weight excluding hydrogens is 398 g/mol. The lowest BCUT2D eigenvalue weighted by Gasteiger charge is -2.04. The normalized spacial score (nSPS) is 11.6. The summed E-state index contributed by atoms with van der Waals surface area (Å²) in [5.74, 6) is -0.348. The van der Waals surface area contributed by atoms with Crippen molar-refractivity contribution in [3.63, 3.8) is 0 Å². The first kappa shape index (κ1) is 18.3. The summed E-state index contributed by atoms with van der Waals surface area (Å²) in [6.45, 7) is 0. The smallest absolute Gasteiger partial charge is 0.254 e. The number of thiophene rings is 1. The number of sulfone groups is 1. The molecule has 1 N–H and O–H groups in total. The van der Waals surface area contributed by atoms with Crippen LogP contribution in [0.15, 0.2) is 65.0 Å². The monoisotopic (exact) mass is 413 g/mol. The topological polar surface area (TPSA) is 106 Å². The standard InChI is InChI=1S/C18H15N5O3S2/c24-16(9-12-28(25,26)13-5-2-1-3-6-13)20-17-21-18-19-10-8-14(23(18)22-17)15-7-4-11-27-15/h1-8,10-11H,9,12H2,(H,20,22,24). The molecule has 0 saturated heterocycles. The van der Waals surface area contributed by atoms with Crippen molar-refractivity contribution in [1.82, 2.24) is 19.6 Å². The van der Waals surface area contributed by atoms with Crippen LogP contribution >= 0.6 is 11.3 Å². The maximum absolute atomic E-state index is 12.3. The Kier molecular flexibility index (Phi) is 4.88. The van der Waals surface area contributed by atoms with E-state index in [4.69, 9.17) is 0 Å². The van der Waals surface area contributed by atoms with Gasteiger partial charge in [0.15, 0.2) is 9.84 Å². The van der Waals surface area contributed by atoms with Crippen LogP contribution in [0.3, 0.4) is 0 Å². The predicted octanol–water partition coefficient (Wildman–Crippen LogP) is 2.66. The summed E-state index contributed by atoms with van der Waals surface area (Å²) < 4.78 is 26.1. The van der Waals surface area contributed by atoms with Crippen molar-refractivity contribution in [1.29, 1.82) is 0 Å². The van der Waals surface area contributed by atoms with Crippen molar-refractivity contribution in [3.8, 4) is 10.6 Å². The van der Waals surface area contributed by atoms with Crippen molar-refractivity contribution in [2.24, 2.45) is 0 Å². The molecule has 0 aliphatic rings. The van der Waals surface area contributed by atoms with Crippen LogP contribution in [-0.4, -0.2) is 39.7 Å². The van der Waals surface area contributed by atoms with Gasteiger partial charge in [-0.2, -0.15) is 9.50 Å². The van der Waals surface area contributed by atoms with E-state index in [0.29, 0.717) is 5.78 Å². The zero-order valence-corrected chi connectivity index (χ0v) is 16.2. The molecule has 3 heterocycles. The number of nitrogens with one attached hydrogen (secondary N) is 1. The molecule has 10 heteroatoms. The van der Waals surface area contributed by atoms with Crippen molar-refractivity contribution in [2.45, 2.75) is 11.3 Å². The number of aromatic nitrogens is 4. The van der Waals surface area contributed by atoms with Crippen LogP contribution in [0.25, 0.3) is 16.3 Å². The predicted molar refractivity (Wildman–Crippen MR) is 106 cm³/mol. The summed E-state index contributed by atoms with van der Waals surface area (Å²) in [4.78, 5) is 21.7. The highest BCUT2D eigenvalue weighted by Crippen LogP contribution is 2.24. The molecule has 0 aliphatic carbocycles. The molecule has 1 amide bonds. The van der Waals surface area contributed by atoms with Gasteiger partial charge in [0.25, 0.3) is 11.7 Å². The Labute approximate surface area is 164 Å². The van der Waals surface area contributed by atoms with Gasteiger partial charge >= 0.3 is 0 Å². The van der Waals surface area contributed by atoms with Crippen molar-refractivity contribution in [3.05, 3.63) is 60.1 Å². The second kappa shape index (κ2) is 7.49. The second-order valence-electron chi connectivity index (χ2n) is 5.88. The van der Waals surface area contributed by atoms with Gasteiger partial charge in [0.1, 0.15) is 0 Å². The number of hydrogen-bond donors (Lipinski definition) is 1. The van der Waals surface area contributed by atoms with Gasteiger partial charge in [0.2, 0.25) is 5.91 Å². The number of fused-ring (bicyclic) bond motifs is 1. The van der Waals surface area contributed by atoms with Crippen molar-refractivity contribution >= 4 is 38.8 Å². The van der Waals surface area contributed by atoms with E-state index in [0.717, 1.165) is 10.6 Å². The molecule has 0 bridgehead atoms. The third kappa shape index (κ3) is 3.78. The molecule has 0 fully saturated rings. The molecule has 0 saturated carbocycles. The first-order valence-electron chi connectivity index (χ1n) is 8.36. The van der Waals surface area contributed by atoms with Gasteiger partial charge in [0, 0.05) is 12.6 Å².